The van der Waals surface area contributed by atoms with Gasteiger partial charge in [-0.05, 0) is 110 Å². The lowest BCUT2D eigenvalue weighted by Gasteiger charge is -2.48. The second-order valence-corrected chi connectivity index (χ2v) is 18.4. The lowest BCUT2D eigenvalue weighted by atomic mass is 9.76. The molecule has 9 N–H and O–H groups in total. The molecule has 354 valence electrons. The van der Waals surface area contributed by atoms with Gasteiger partial charge in [-0.15, -0.1) is 0 Å². The minimum Gasteiger partial charge on any atom is -0.504 e. The summed E-state index contributed by atoms with van der Waals surface area (Å²) >= 11 is 0. The van der Waals surface area contributed by atoms with Crippen molar-refractivity contribution in [3.05, 3.63) is 120 Å². The first kappa shape index (κ1) is 45.4. The summed E-state index contributed by atoms with van der Waals surface area (Å²) in [7, 11) is 0. The van der Waals surface area contributed by atoms with Crippen LogP contribution in [0.5, 0.6) is 28.7 Å². The van der Waals surface area contributed by atoms with E-state index in [0.717, 1.165) is 79.5 Å². The summed E-state index contributed by atoms with van der Waals surface area (Å²) in [5.41, 5.74) is 10.6. The number of fused-ring (bicyclic) bond motifs is 1. The Labute approximate surface area is 390 Å². The van der Waals surface area contributed by atoms with Crippen molar-refractivity contribution in [2.75, 3.05) is 19.7 Å². The normalized spacial score (nSPS) is 24.6. The van der Waals surface area contributed by atoms with Gasteiger partial charge in [0.25, 0.3) is 0 Å². The Morgan fingerprint density at radius 2 is 1.93 bits per heavy atom. The number of carbonyl (C=O) groups is 1. The van der Waals surface area contributed by atoms with Gasteiger partial charge in [0.2, 0.25) is 5.75 Å². The molecule has 0 unspecified atom stereocenters. The number of rotatable bonds is 16. The molecule has 6 heterocycles. The van der Waals surface area contributed by atoms with Crippen LogP contribution < -0.4 is 31.2 Å². The van der Waals surface area contributed by atoms with Crippen LogP contribution in [0.4, 0.5) is 0 Å². The number of hydrogen-bond acceptors (Lipinski definition) is 12. The smallest absolute Gasteiger partial charge is 0.302 e. The number of pyridine rings is 1. The molecule has 0 amide bonds. The van der Waals surface area contributed by atoms with Crippen molar-refractivity contribution >= 4 is 22.8 Å². The molecule has 16 heteroatoms. The first-order chi connectivity index (χ1) is 32.5. The van der Waals surface area contributed by atoms with Crippen LogP contribution in [-0.4, -0.2) is 85.3 Å². The van der Waals surface area contributed by atoms with Crippen molar-refractivity contribution in [1.29, 1.82) is 0 Å². The molecule has 1 spiro atoms. The topological polar surface area (TPSA) is 223 Å². The Morgan fingerprint density at radius 3 is 2.76 bits per heavy atom. The largest absolute Gasteiger partial charge is 0.504 e. The van der Waals surface area contributed by atoms with Crippen molar-refractivity contribution in [3.63, 3.8) is 0 Å². The maximum atomic E-state index is 12.2. The number of esters is 1. The van der Waals surface area contributed by atoms with E-state index in [0.29, 0.717) is 55.8 Å². The molecule has 1 saturated carbocycles. The number of aromatic hydroxyl groups is 3. The molecule has 0 radical (unpaired) electrons. The molecule has 2 aromatic carbocycles. The summed E-state index contributed by atoms with van der Waals surface area (Å²) in [5.74, 6) is 1.08. The Hall–Kier alpha value is -6.81. The molecule has 3 aromatic heterocycles. The summed E-state index contributed by atoms with van der Waals surface area (Å²) in [5, 5.41) is 44.3. The number of guanidine groups is 1. The number of carbonyl (C=O) groups excluding carboxylic acids is 1. The Bertz CT molecular complexity index is 2580. The summed E-state index contributed by atoms with van der Waals surface area (Å²) < 4.78 is 27.3. The summed E-state index contributed by atoms with van der Waals surface area (Å²) in [4.78, 5) is 24.7. The molecule has 2 saturated heterocycles. The number of phenolic OH excluding ortho intramolecular Hbond substituents is 3. The second-order valence-electron chi connectivity index (χ2n) is 18.4. The lowest BCUT2D eigenvalue weighted by Crippen LogP contribution is -2.63. The third kappa shape index (κ3) is 11.4. The number of aromatic nitrogens is 3. The number of ether oxygens (including phenoxy) is 4. The molecule has 3 fully saturated rings. The summed E-state index contributed by atoms with van der Waals surface area (Å²) in [6.07, 6.45) is 21.2. The van der Waals surface area contributed by atoms with E-state index in [-0.39, 0.29) is 59.5 Å². The van der Waals surface area contributed by atoms with Gasteiger partial charge in [0.15, 0.2) is 29.0 Å². The number of phenols is 3. The molecule has 6 atom stereocenters. The highest BCUT2D eigenvalue weighted by molar-refractivity contribution is 5.82. The molecule has 1 aliphatic carbocycles. The minimum absolute atomic E-state index is 0.0220. The second kappa shape index (κ2) is 20.4. The number of aliphatic imine (C=N–C) groups is 1. The van der Waals surface area contributed by atoms with E-state index in [1.807, 2.05) is 36.5 Å². The summed E-state index contributed by atoms with van der Waals surface area (Å²) in [6.45, 7) is 3.06. The van der Waals surface area contributed by atoms with E-state index in [1.54, 1.807) is 24.5 Å². The molecule has 3 aliphatic heterocycles. The highest BCUT2D eigenvalue weighted by Gasteiger charge is 2.44. The molecule has 5 aromatic rings. The van der Waals surface area contributed by atoms with Gasteiger partial charge in [-0.2, -0.15) is 0 Å². The third-order valence-corrected chi connectivity index (χ3v) is 13.3. The molecule has 67 heavy (non-hydrogen) atoms. The fraction of sp³-hybridized carbons (Fsp3) is 0.431. The van der Waals surface area contributed by atoms with Crippen molar-refractivity contribution in [3.8, 4) is 28.7 Å². The zero-order valence-electron chi connectivity index (χ0n) is 38.0. The molecular formula is C51H62N8O8. The average molecular weight is 915 g/mol. The number of nitrogens with one attached hydrogen (secondary N) is 4. The predicted molar refractivity (Wildman–Crippen MR) is 254 cm³/mol. The number of H-pyrrole nitrogens is 1. The van der Waals surface area contributed by atoms with Gasteiger partial charge in [-0.3, -0.25) is 14.8 Å². The Morgan fingerprint density at radius 1 is 1.01 bits per heavy atom. The van der Waals surface area contributed by atoms with E-state index in [9.17, 15) is 20.1 Å². The monoisotopic (exact) mass is 914 g/mol. The van der Waals surface area contributed by atoms with Crippen LogP contribution in [0.2, 0.25) is 0 Å². The van der Waals surface area contributed by atoms with Crippen LogP contribution in [0.25, 0.3) is 10.9 Å². The Balaban J connectivity index is 0.856. The van der Waals surface area contributed by atoms with E-state index >= 15 is 0 Å². The van der Waals surface area contributed by atoms with Gasteiger partial charge < -0.3 is 65.5 Å². The van der Waals surface area contributed by atoms with Crippen molar-refractivity contribution < 1.29 is 39.1 Å². The molecule has 0 bridgehead atoms. The van der Waals surface area contributed by atoms with Crippen LogP contribution in [-0.2, 0) is 27.1 Å². The number of hydrogen-bond donors (Lipinski definition) is 8. The summed E-state index contributed by atoms with van der Waals surface area (Å²) in [6, 6.07) is 14.5. The zero-order valence-corrected chi connectivity index (χ0v) is 38.0. The SMILES string of the molecule is CC(=O)O[C@@H]1C[C@H](CCc2ccc(O)c(O[C@@H]3CCC[C@@]4(C3)C[C@H](n3cc5cc[nH]c5c3)NC(=NCCCC3=CCNC(N)=C3)N4)c2)O[C@H](c2cc(O)c(O)c(OCCc3cccnc3)c2)C1. The van der Waals surface area contributed by atoms with Crippen LogP contribution in [0.15, 0.2) is 108 Å². The minimum atomic E-state index is -0.539. The van der Waals surface area contributed by atoms with E-state index in [1.165, 1.54) is 18.6 Å². The molecule has 9 rings (SSSR count). The van der Waals surface area contributed by atoms with E-state index in [2.05, 4.69) is 55.0 Å². The highest BCUT2D eigenvalue weighted by atomic mass is 16.6. The zero-order chi connectivity index (χ0) is 46.3. The lowest BCUT2D eigenvalue weighted by molar-refractivity contribution is -0.160. The third-order valence-electron chi connectivity index (χ3n) is 13.3. The maximum Gasteiger partial charge on any atom is 0.302 e. The number of benzene rings is 2. The number of nitrogens with two attached hydrogens (primary N) is 1. The highest BCUT2D eigenvalue weighted by Crippen LogP contribution is 2.44. The van der Waals surface area contributed by atoms with E-state index < -0.39 is 12.2 Å². The van der Waals surface area contributed by atoms with Gasteiger partial charge in [0, 0.05) is 94.0 Å². The number of nitrogens with zero attached hydrogens (tertiary/aromatic N) is 3. The van der Waals surface area contributed by atoms with Gasteiger partial charge >= 0.3 is 5.97 Å². The van der Waals surface area contributed by atoms with Gasteiger partial charge in [-0.25, -0.2) is 0 Å². The molecule has 16 nitrogen and oxygen atoms in total. The van der Waals surface area contributed by atoms with E-state index in [4.69, 9.17) is 29.7 Å². The van der Waals surface area contributed by atoms with Crippen molar-refractivity contribution in [1.82, 2.24) is 30.5 Å². The van der Waals surface area contributed by atoms with Gasteiger partial charge in [0.05, 0.1) is 30.2 Å². The molecule has 4 aliphatic rings. The van der Waals surface area contributed by atoms with Crippen LogP contribution in [0, 0.1) is 0 Å². The number of dihydropyridines is 1. The van der Waals surface area contributed by atoms with Crippen molar-refractivity contribution in [2.45, 2.75) is 120 Å². The first-order valence-corrected chi connectivity index (χ1v) is 23.6. The number of allylic oxidation sites excluding steroid dienone is 2. The fourth-order valence-electron chi connectivity index (χ4n) is 10.0. The molecular weight excluding hydrogens is 853 g/mol. The first-order valence-electron chi connectivity index (χ1n) is 23.6. The van der Waals surface area contributed by atoms with Crippen LogP contribution in [0.3, 0.4) is 0 Å². The fourth-order valence-corrected chi connectivity index (χ4v) is 10.0. The predicted octanol–water partition coefficient (Wildman–Crippen LogP) is 7.20. The van der Waals surface area contributed by atoms with Crippen molar-refractivity contribution in [2.24, 2.45) is 10.7 Å². The van der Waals surface area contributed by atoms with Crippen LogP contribution in [0.1, 0.15) is 100 Å². The standard InChI is InChI=1S/C51H62N8O8/c1-32(60)65-40-25-38(66-44(26-40)37-23-43(62)49(63)46(24-37)64-20-14-35-6-3-16-53-29-35)10-8-34-9-11-42(61)45(21-34)67-39-7-2-15-51(27-39)28-48(59-30-36-13-19-54-41(36)31-59)57-50(58-51)56-17-4-5-33-12-18-55-47(52)22-33/h3,6,9,11-13,16,19,21-24,29-31,38-40,44,48,54-55,61-63H,2,4-5,7-8,10,14-15,17-18,20,25-28,52H2,1H3,(H2,56,57,58)/t38-,39+,40+,44-,48-,51+/m0/s1. The average Bonchev–Trinajstić information content (AvgIpc) is 3.93. The Kier molecular flexibility index (Phi) is 13.8. The number of aryl methyl sites for hydroxylation is 1. The quantitative estimate of drug-likeness (QED) is 0.0279. The van der Waals surface area contributed by atoms with Crippen LogP contribution >= 0.6 is 0 Å². The maximum absolute atomic E-state index is 12.2. The van der Waals surface area contributed by atoms with Gasteiger partial charge in [0.1, 0.15) is 18.4 Å². The van der Waals surface area contributed by atoms with Gasteiger partial charge in [-0.1, -0.05) is 18.2 Å². The number of aromatic amines is 1.